The fourth-order valence-electron chi connectivity index (χ4n) is 7.48. The quantitative estimate of drug-likeness (QED) is 0.385. The van der Waals surface area contributed by atoms with Crippen molar-refractivity contribution in [1.29, 1.82) is 0 Å². The maximum Gasteiger partial charge on any atom is 0.347 e. The third-order valence-electron chi connectivity index (χ3n) is 9.38. The van der Waals surface area contributed by atoms with E-state index in [9.17, 15) is 24.3 Å². The molecule has 8 heteroatoms. The molecule has 7 rings (SSSR count). The number of aromatic hydroxyl groups is 1. The van der Waals surface area contributed by atoms with Crippen LogP contribution in [0.25, 0.3) is 5.57 Å². The second-order valence-electron chi connectivity index (χ2n) is 11.4. The summed E-state index contributed by atoms with van der Waals surface area (Å²) in [5, 5.41) is 10.4. The molecule has 210 valence electrons. The van der Waals surface area contributed by atoms with Crippen molar-refractivity contribution in [2.75, 3.05) is 0 Å². The van der Waals surface area contributed by atoms with Crippen LogP contribution in [0.2, 0.25) is 0 Å². The molecule has 2 aliphatic carbocycles. The molecule has 4 unspecified atom stereocenters. The molecular weight excluding hydrogens is 530 g/mol. The van der Waals surface area contributed by atoms with Crippen LogP contribution in [0.1, 0.15) is 40.6 Å². The van der Waals surface area contributed by atoms with E-state index in [4.69, 9.17) is 0 Å². The van der Waals surface area contributed by atoms with Gasteiger partial charge in [-0.1, -0.05) is 78.9 Å². The Morgan fingerprint density at radius 1 is 0.881 bits per heavy atom. The number of hydrogen-bond acceptors (Lipinski definition) is 5. The first-order valence-electron chi connectivity index (χ1n) is 14.0. The Morgan fingerprint density at radius 2 is 1.57 bits per heavy atom. The second-order valence-corrected chi connectivity index (χ2v) is 11.4. The molecule has 4 atom stereocenters. The molecule has 3 aliphatic rings. The molecule has 1 aliphatic heterocycles. The molecule has 1 N–H and O–H groups in total. The summed E-state index contributed by atoms with van der Waals surface area (Å²) in [6, 6.07) is 23.2. The largest absolute Gasteiger partial charge is 0.508 e. The summed E-state index contributed by atoms with van der Waals surface area (Å²) < 4.78 is 3.96. The van der Waals surface area contributed by atoms with Crippen LogP contribution in [0, 0.1) is 12.8 Å². The van der Waals surface area contributed by atoms with Gasteiger partial charge in [-0.15, -0.1) is 0 Å². The molecule has 1 saturated carbocycles. The summed E-state index contributed by atoms with van der Waals surface area (Å²) >= 11 is 0. The van der Waals surface area contributed by atoms with Gasteiger partial charge in [-0.3, -0.25) is 9.59 Å². The van der Waals surface area contributed by atoms with Crippen molar-refractivity contribution in [2.45, 2.75) is 37.3 Å². The Kier molecular flexibility index (Phi) is 5.73. The Labute approximate surface area is 241 Å². The average molecular weight is 560 g/mol. The molecule has 0 amide bonds. The van der Waals surface area contributed by atoms with E-state index in [0.717, 1.165) is 21.3 Å². The van der Waals surface area contributed by atoms with E-state index in [2.05, 4.69) is 0 Å². The van der Waals surface area contributed by atoms with Gasteiger partial charge in [-0.05, 0) is 53.3 Å². The summed E-state index contributed by atoms with van der Waals surface area (Å²) in [5.74, 6) is -1.70. The van der Waals surface area contributed by atoms with Crippen LogP contribution in [-0.4, -0.2) is 30.6 Å². The number of rotatable bonds is 3. The van der Waals surface area contributed by atoms with E-state index >= 15 is 0 Å². The van der Waals surface area contributed by atoms with Crippen molar-refractivity contribution in [2.24, 2.45) is 13.0 Å². The number of carbonyl (C=O) groups excluding carboxylic acids is 2. The minimum atomic E-state index is -1.30. The Hall–Kier alpha value is -4.98. The summed E-state index contributed by atoms with van der Waals surface area (Å²) in [6.45, 7) is 1.96. The van der Waals surface area contributed by atoms with Gasteiger partial charge in [0, 0.05) is 24.5 Å². The van der Waals surface area contributed by atoms with Crippen LogP contribution in [0.4, 0.5) is 0 Å². The Bertz CT molecular complexity index is 1960. The number of nitrogens with zero attached hydrogens (tertiary/aromatic N) is 3. The van der Waals surface area contributed by atoms with Gasteiger partial charge >= 0.3 is 11.4 Å². The topological polar surface area (TPSA) is 103 Å². The van der Waals surface area contributed by atoms with E-state index in [1.807, 2.05) is 72.8 Å². The van der Waals surface area contributed by atoms with E-state index in [-0.39, 0.29) is 30.3 Å². The number of benzene rings is 3. The Morgan fingerprint density at radius 3 is 2.26 bits per heavy atom. The highest BCUT2D eigenvalue weighted by molar-refractivity contribution is 6.31. The number of carbonyl (C=O) groups is 2. The highest BCUT2D eigenvalue weighted by Crippen LogP contribution is 2.61. The van der Waals surface area contributed by atoms with Crippen molar-refractivity contribution < 1.29 is 14.7 Å². The van der Waals surface area contributed by atoms with Crippen molar-refractivity contribution in [3.8, 4) is 5.75 Å². The minimum Gasteiger partial charge on any atom is -0.508 e. The van der Waals surface area contributed by atoms with Crippen LogP contribution >= 0.6 is 0 Å². The first-order chi connectivity index (χ1) is 20.2. The lowest BCUT2D eigenvalue weighted by Crippen LogP contribution is -2.58. The number of aryl methyl sites for hydroxylation is 1. The Balaban J connectivity index is 1.57. The van der Waals surface area contributed by atoms with Gasteiger partial charge in [0.05, 0.1) is 18.0 Å². The highest BCUT2D eigenvalue weighted by Gasteiger charge is 2.63. The molecule has 1 fully saturated rings. The normalized spacial score (nSPS) is 24.8. The van der Waals surface area contributed by atoms with Crippen molar-refractivity contribution in [3.63, 3.8) is 0 Å². The molecule has 4 aromatic rings. The third-order valence-corrected chi connectivity index (χ3v) is 9.38. The number of hydrogen-bond donors (Lipinski definition) is 1. The zero-order valence-electron chi connectivity index (χ0n) is 23.2. The maximum atomic E-state index is 14.8. The van der Waals surface area contributed by atoms with Crippen LogP contribution < -0.4 is 11.4 Å². The van der Waals surface area contributed by atoms with Gasteiger partial charge < -0.3 is 5.11 Å². The summed E-state index contributed by atoms with van der Waals surface area (Å²) in [6.07, 6.45) is 3.61. The van der Waals surface area contributed by atoms with Gasteiger partial charge in [0.15, 0.2) is 11.6 Å². The summed E-state index contributed by atoms with van der Waals surface area (Å²) in [5.41, 5.74) is 1.73. The van der Waals surface area contributed by atoms with E-state index in [1.165, 1.54) is 22.5 Å². The van der Waals surface area contributed by atoms with Crippen molar-refractivity contribution >= 4 is 17.1 Å². The zero-order valence-corrected chi connectivity index (χ0v) is 23.2. The zero-order chi connectivity index (χ0) is 29.3. The molecule has 0 bridgehead atoms. The number of ketones is 2. The lowest BCUT2D eigenvalue weighted by atomic mass is 9.47. The predicted molar refractivity (Wildman–Crippen MR) is 157 cm³/mol. The van der Waals surface area contributed by atoms with E-state index in [1.54, 1.807) is 19.1 Å². The molecule has 2 heterocycles. The van der Waals surface area contributed by atoms with E-state index < -0.39 is 34.7 Å². The molecule has 42 heavy (non-hydrogen) atoms. The third kappa shape index (κ3) is 3.41. The van der Waals surface area contributed by atoms with Crippen LogP contribution in [0.3, 0.4) is 0 Å². The minimum absolute atomic E-state index is 0.125. The predicted octanol–water partition coefficient (Wildman–Crippen LogP) is 3.82. The number of Topliss-reactive ketones (excluding diaryl/α,β-unsaturated/α-hetero) is 1. The second kappa shape index (κ2) is 9.27. The fraction of sp³-hybridized carbons (Fsp3) is 0.235. The van der Waals surface area contributed by atoms with Gasteiger partial charge in [0.25, 0.3) is 0 Å². The molecule has 0 radical (unpaired) electrons. The van der Waals surface area contributed by atoms with Crippen LogP contribution in [-0.2, 0) is 28.6 Å². The average Bonchev–Trinajstić information content (AvgIpc) is 3.23. The smallest absolute Gasteiger partial charge is 0.347 e. The molecule has 1 aromatic heterocycles. The molecule has 0 saturated heterocycles. The lowest BCUT2D eigenvalue weighted by Gasteiger charge is -2.54. The first-order valence-corrected chi connectivity index (χ1v) is 14.0. The number of fused-ring (bicyclic) bond motifs is 4. The standard InChI is InChI=1S/C34H29N3O5/c1-20-17-22(13-14-28(20)38)30-24-15-16-36-32(41)35(2)33(42)37(36)27(24)19-26-31(40)25(21-9-5-3-6-10-21)18-29(39)34(26,30)23-11-7-4-8-12-23/h3-15,17-18,26-27,30,38H,16,19H2,1-2H3. The SMILES string of the molecule is Cc1cc(C2C3=CCn4c(=O)n(C)c(=O)n4C3CC3C(=O)C(c4ccccc4)=CC(=O)C32c2ccccc2)ccc1O. The number of allylic oxidation sites excluding steroid dienone is 4. The van der Waals surface area contributed by atoms with Gasteiger partial charge in [-0.2, -0.15) is 0 Å². The number of phenolic OH excluding ortho intramolecular Hbond substituents is 1. The van der Waals surface area contributed by atoms with Crippen molar-refractivity contribution in [1.82, 2.24) is 13.9 Å². The highest BCUT2D eigenvalue weighted by atomic mass is 16.3. The number of phenols is 1. The summed E-state index contributed by atoms with van der Waals surface area (Å²) in [7, 11) is 1.45. The summed E-state index contributed by atoms with van der Waals surface area (Å²) in [4.78, 5) is 55.9. The van der Waals surface area contributed by atoms with Crippen LogP contribution in [0.15, 0.2) is 106 Å². The monoisotopic (exact) mass is 559 g/mol. The molecular formula is C34H29N3O5. The van der Waals surface area contributed by atoms with Gasteiger partial charge in [0.1, 0.15) is 5.75 Å². The number of aromatic nitrogens is 3. The molecule has 3 aromatic carbocycles. The maximum absolute atomic E-state index is 14.8. The van der Waals surface area contributed by atoms with Gasteiger partial charge in [-0.25, -0.2) is 23.5 Å². The lowest BCUT2D eigenvalue weighted by molar-refractivity contribution is -0.133. The van der Waals surface area contributed by atoms with Crippen LogP contribution in [0.5, 0.6) is 5.75 Å². The molecule has 0 spiro atoms. The van der Waals surface area contributed by atoms with E-state index in [0.29, 0.717) is 16.7 Å². The molecule has 8 nitrogen and oxygen atoms in total. The fourth-order valence-corrected chi connectivity index (χ4v) is 7.48. The van der Waals surface area contributed by atoms with Crippen molar-refractivity contribution in [3.05, 3.63) is 140 Å². The van der Waals surface area contributed by atoms with Gasteiger partial charge in [0.2, 0.25) is 0 Å². The first kappa shape index (κ1) is 26.0.